The van der Waals surface area contributed by atoms with E-state index in [0.717, 1.165) is 0 Å². The molecule has 0 aliphatic carbocycles. The normalized spacial score (nSPS) is 18.6. The minimum Gasteiger partial charge on any atom is -0.478 e. The van der Waals surface area contributed by atoms with Crippen molar-refractivity contribution in [3.63, 3.8) is 0 Å². The van der Waals surface area contributed by atoms with Gasteiger partial charge in [-0.3, -0.25) is 4.79 Å². The monoisotopic (exact) mass is 495 g/mol. The van der Waals surface area contributed by atoms with Crippen molar-refractivity contribution in [1.82, 2.24) is 9.88 Å². The molecule has 2 aromatic rings. The number of nitrogens with zero attached hydrogens (tertiary/aromatic N) is 4. The smallest absolute Gasteiger partial charge is 0.410 e. The molecule has 1 atom stereocenters. The van der Waals surface area contributed by atoms with Crippen molar-refractivity contribution in [3.8, 4) is 0 Å². The van der Waals surface area contributed by atoms with Crippen molar-refractivity contribution in [2.45, 2.75) is 58.2 Å². The SMILES string of the molecule is C[C@@H]1C(=O)N(C)c2ccc(Nc3cccc(C(=O)O)c3)nc2N1C1CCN(C(=O)OC(C)(C)C)CC1. The molecular weight excluding hydrogens is 462 g/mol. The third-order valence-corrected chi connectivity index (χ3v) is 6.46. The number of carboxylic acid groups (broad SMARTS) is 1. The molecule has 1 saturated heterocycles. The fourth-order valence-corrected chi connectivity index (χ4v) is 4.68. The zero-order valence-corrected chi connectivity index (χ0v) is 21.3. The molecule has 0 unspecified atom stereocenters. The highest BCUT2D eigenvalue weighted by Gasteiger charge is 2.40. The molecule has 4 rings (SSSR count). The van der Waals surface area contributed by atoms with Crippen LogP contribution in [0.4, 0.5) is 27.8 Å². The van der Waals surface area contributed by atoms with Gasteiger partial charge in [-0.15, -0.1) is 0 Å². The second kappa shape index (κ2) is 9.67. The van der Waals surface area contributed by atoms with Gasteiger partial charge in [-0.1, -0.05) is 6.07 Å². The Hall–Kier alpha value is -3.82. The van der Waals surface area contributed by atoms with Crippen LogP contribution in [-0.2, 0) is 9.53 Å². The lowest BCUT2D eigenvalue weighted by molar-refractivity contribution is -0.119. The summed E-state index contributed by atoms with van der Waals surface area (Å²) in [6.45, 7) is 8.48. The molecule has 10 nitrogen and oxygen atoms in total. The third-order valence-electron chi connectivity index (χ3n) is 6.46. The lowest BCUT2D eigenvalue weighted by Crippen LogP contribution is -2.57. The Morgan fingerprint density at radius 2 is 1.83 bits per heavy atom. The maximum atomic E-state index is 13.0. The number of piperidine rings is 1. The molecule has 1 aromatic carbocycles. The number of pyridine rings is 1. The number of nitrogens with one attached hydrogen (secondary N) is 1. The highest BCUT2D eigenvalue weighted by atomic mass is 16.6. The largest absolute Gasteiger partial charge is 0.478 e. The number of hydrogen-bond acceptors (Lipinski definition) is 7. The average Bonchev–Trinajstić information content (AvgIpc) is 2.82. The summed E-state index contributed by atoms with van der Waals surface area (Å²) in [6, 6.07) is 9.74. The molecule has 2 aliphatic heterocycles. The first-order valence-corrected chi connectivity index (χ1v) is 12.1. The summed E-state index contributed by atoms with van der Waals surface area (Å²) in [6.07, 6.45) is 1.04. The Balaban J connectivity index is 1.57. The number of aromatic nitrogens is 1. The Labute approximate surface area is 210 Å². The number of benzene rings is 1. The van der Waals surface area contributed by atoms with Crippen LogP contribution in [0.5, 0.6) is 0 Å². The van der Waals surface area contributed by atoms with Crippen LogP contribution < -0.4 is 15.1 Å². The molecule has 2 amide bonds. The molecule has 10 heteroatoms. The molecule has 192 valence electrons. The van der Waals surface area contributed by atoms with E-state index >= 15 is 0 Å². The predicted octanol–water partition coefficient (Wildman–Crippen LogP) is 4.09. The number of rotatable bonds is 4. The van der Waals surface area contributed by atoms with Gasteiger partial charge in [0, 0.05) is 31.9 Å². The highest BCUT2D eigenvalue weighted by Crippen LogP contribution is 2.38. The van der Waals surface area contributed by atoms with Crippen LogP contribution in [0, 0.1) is 0 Å². The van der Waals surface area contributed by atoms with Crippen LogP contribution in [0.1, 0.15) is 50.9 Å². The molecule has 0 spiro atoms. The number of carboxylic acids is 1. The van der Waals surface area contributed by atoms with Crippen LogP contribution in [0.3, 0.4) is 0 Å². The van der Waals surface area contributed by atoms with Gasteiger partial charge in [-0.05, 0) is 70.9 Å². The quantitative estimate of drug-likeness (QED) is 0.652. The third kappa shape index (κ3) is 5.22. The van der Waals surface area contributed by atoms with E-state index in [1.165, 1.54) is 6.07 Å². The maximum Gasteiger partial charge on any atom is 0.410 e. The number of ether oxygens (including phenoxy) is 1. The summed E-state index contributed by atoms with van der Waals surface area (Å²) in [7, 11) is 1.74. The van der Waals surface area contributed by atoms with Crippen LogP contribution in [0.25, 0.3) is 0 Å². The Kier molecular flexibility index (Phi) is 6.79. The molecule has 1 aromatic heterocycles. The number of aromatic carboxylic acids is 1. The van der Waals surface area contributed by atoms with Gasteiger partial charge in [0.25, 0.3) is 0 Å². The van der Waals surface area contributed by atoms with Crippen molar-refractivity contribution in [2.24, 2.45) is 0 Å². The minimum atomic E-state index is -1.00. The van der Waals surface area contributed by atoms with E-state index in [9.17, 15) is 19.5 Å². The highest BCUT2D eigenvalue weighted by molar-refractivity contribution is 6.04. The van der Waals surface area contributed by atoms with Gasteiger partial charge in [-0.25, -0.2) is 14.6 Å². The van der Waals surface area contributed by atoms with E-state index in [1.54, 1.807) is 41.1 Å². The maximum absolute atomic E-state index is 13.0. The zero-order chi connectivity index (χ0) is 26.2. The van der Waals surface area contributed by atoms with Gasteiger partial charge in [0.15, 0.2) is 5.82 Å². The molecule has 0 radical (unpaired) electrons. The molecular formula is C26H33N5O5. The number of likely N-dealkylation sites (N-methyl/N-ethyl adjacent to an activating group) is 1. The summed E-state index contributed by atoms with van der Waals surface area (Å²) < 4.78 is 5.52. The van der Waals surface area contributed by atoms with E-state index < -0.39 is 17.6 Å². The number of amides is 2. The van der Waals surface area contributed by atoms with Gasteiger partial charge in [0.1, 0.15) is 17.5 Å². The zero-order valence-electron chi connectivity index (χ0n) is 21.3. The molecule has 1 fully saturated rings. The molecule has 0 bridgehead atoms. The van der Waals surface area contributed by atoms with Gasteiger partial charge in [0.2, 0.25) is 5.91 Å². The molecule has 2 aliphatic rings. The fourth-order valence-electron chi connectivity index (χ4n) is 4.68. The fraction of sp³-hybridized carbons (Fsp3) is 0.462. The van der Waals surface area contributed by atoms with Crippen LogP contribution in [-0.4, -0.2) is 70.8 Å². The number of likely N-dealkylation sites (tertiary alicyclic amines) is 1. The Bertz CT molecular complexity index is 1170. The molecule has 36 heavy (non-hydrogen) atoms. The summed E-state index contributed by atoms with van der Waals surface area (Å²) >= 11 is 0. The first-order valence-electron chi connectivity index (χ1n) is 12.1. The predicted molar refractivity (Wildman–Crippen MR) is 137 cm³/mol. The van der Waals surface area contributed by atoms with Crippen molar-refractivity contribution in [2.75, 3.05) is 35.3 Å². The summed E-state index contributed by atoms with van der Waals surface area (Å²) in [5.41, 5.74) is 0.934. The molecule has 2 N–H and O–H groups in total. The lowest BCUT2D eigenvalue weighted by atomic mass is 9.99. The van der Waals surface area contributed by atoms with Crippen molar-refractivity contribution < 1.29 is 24.2 Å². The number of anilines is 4. The van der Waals surface area contributed by atoms with Gasteiger partial charge >= 0.3 is 12.1 Å². The topological polar surface area (TPSA) is 115 Å². The van der Waals surface area contributed by atoms with Crippen molar-refractivity contribution >= 4 is 41.0 Å². The van der Waals surface area contributed by atoms with Gasteiger partial charge in [-0.2, -0.15) is 0 Å². The van der Waals surface area contributed by atoms with E-state index in [4.69, 9.17) is 9.72 Å². The average molecular weight is 496 g/mol. The lowest BCUT2D eigenvalue weighted by Gasteiger charge is -2.46. The van der Waals surface area contributed by atoms with E-state index in [1.807, 2.05) is 33.8 Å². The Morgan fingerprint density at radius 1 is 1.14 bits per heavy atom. The number of hydrogen-bond donors (Lipinski definition) is 2. The van der Waals surface area contributed by atoms with Crippen molar-refractivity contribution in [1.29, 1.82) is 0 Å². The summed E-state index contributed by atoms with van der Waals surface area (Å²) in [5.74, 6) is 0.200. The molecule has 0 saturated carbocycles. The summed E-state index contributed by atoms with van der Waals surface area (Å²) in [4.78, 5) is 47.1. The van der Waals surface area contributed by atoms with Crippen LogP contribution in [0.2, 0.25) is 0 Å². The second-order valence-corrected chi connectivity index (χ2v) is 10.2. The first kappa shape index (κ1) is 25.3. The minimum absolute atomic E-state index is 0.0197. The van der Waals surface area contributed by atoms with E-state index in [-0.39, 0.29) is 23.6 Å². The van der Waals surface area contributed by atoms with Gasteiger partial charge in [0.05, 0.1) is 11.3 Å². The number of carbonyl (C=O) groups excluding carboxylic acids is 2. The standard InChI is InChI=1S/C26H33N5O5/c1-16-23(32)29(5)20-9-10-21(27-18-8-6-7-17(15-18)24(33)34)28-22(20)31(16)19-11-13-30(14-12-19)25(35)36-26(2,3)4/h6-10,15-16,19H,11-14H2,1-5H3,(H,27,28)(H,33,34)/t16-/m1/s1. The number of fused-ring (bicyclic) bond motifs is 1. The Morgan fingerprint density at radius 3 is 2.47 bits per heavy atom. The second-order valence-electron chi connectivity index (χ2n) is 10.2. The van der Waals surface area contributed by atoms with Crippen molar-refractivity contribution in [3.05, 3.63) is 42.0 Å². The number of carbonyl (C=O) groups is 3. The van der Waals surface area contributed by atoms with Crippen LogP contribution in [0.15, 0.2) is 36.4 Å². The van der Waals surface area contributed by atoms with E-state index in [0.29, 0.717) is 48.9 Å². The molecule has 3 heterocycles. The summed E-state index contributed by atoms with van der Waals surface area (Å²) in [5, 5.41) is 12.5. The first-order chi connectivity index (χ1) is 16.9. The van der Waals surface area contributed by atoms with Gasteiger partial charge < -0.3 is 29.9 Å². The van der Waals surface area contributed by atoms with Crippen LogP contribution >= 0.6 is 0 Å². The van der Waals surface area contributed by atoms with E-state index in [2.05, 4.69) is 10.2 Å².